The normalized spacial score (nSPS) is 17.0. The minimum absolute atomic E-state index is 0.122. The minimum Gasteiger partial charge on any atom is -0.478 e. The van der Waals surface area contributed by atoms with E-state index in [0.29, 0.717) is 12.2 Å². The molecule has 0 heterocycles. The second kappa shape index (κ2) is 5.28. The van der Waals surface area contributed by atoms with Crippen molar-refractivity contribution in [2.24, 2.45) is 0 Å². The molecule has 4 nitrogen and oxygen atoms in total. The van der Waals surface area contributed by atoms with Crippen LogP contribution in [0.25, 0.3) is 0 Å². The zero-order valence-electron chi connectivity index (χ0n) is 10.2. The van der Waals surface area contributed by atoms with E-state index in [9.17, 15) is 4.79 Å². The maximum Gasteiger partial charge on any atom is 0.337 e. The van der Waals surface area contributed by atoms with Gasteiger partial charge in [-0.15, -0.1) is 0 Å². The summed E-state index contributed by atoms with van der Waals surface area (Å²) in [6, 6.07) is 5.20. The first-order valence-corrected chi connectivity index (χ1v) is 6.67. The van der Waals surface area contributed by atoms with Crippen LogP contribution < -0.4 is 5.32 Å². The molecule has 0 spiro atoms. The fourth-order valence-corrected chi connectivity index (χ4v) is 2.49. The average Bonchev–Trinajstić information content (AvgIpc) is 2.29. The highest BCUT2D eigenvalue weighted by Crippen LogP contribution is 2.35. The highest BCUT2D eigenvalue weighted by Gasteiger charge is 2.36. The van der Waals surface area contributed by atoms with E-state index >= 15 is 0 Å². The van der Waals surface area contributed by atoms with Gasteiger partial charge in [0, 0.05) is 23.8 Å². The number of hydrogen-bond donors (Lipinski definition) is 2. The van der Waals surface area contributed by atoms with Crippen LogP contribution in [0, 0.1) is 0 Å². The van der Waals surface area contributed by atoms with E-state index in [2.05, 4.69) is 21.2 Å². The van der Waals surface area contributed by atoms with Gasteiger partial charge in [0.2, 0.25) is 0 Å². The number of benzene rings is 1. The number of carboxylic acid groups (broad SMARTS) is 1. The maximum atomic E-state index is 11.2. The van der Waals surface area contributed by atoms with Gasteiger partial charge in [-0.3, -0.25) is 0 Å². The van der Waals surface area contributed by atoms with Gasteiger partial charge in [0.25, 0.3) is 0 Å². The van der Waals surface area contributed by atoms with Crippen LogP contribution in [-0.4, -0.2) is 30.3 Å². The predicted molar refractivity (Wildman–Crippen MR) is 73.2 cm³/mol. The van der Waals surface area contributed by atoms with Crippen LogP contribution in [0.5, 0.6) is 0 Å². The molecule has 0 amide bonds. The molecule has 1 saturated carbocycles. The molecule has 1 aromatic carbocycles. The van der Waals surface area contributed by atoms with Crippen LogP contribution in [-0.2, 0) is 4.74 Å². The van der Waals surface area contributed by atoms with Crippen LogP contribution in [0.1, 0.15) is 29.6 Å². The number of aromatic carboxylic acids is 1. The van der Waals surface area contributed by atoms with E-state index in [1.165, 1.54) is 6.42 Å². The molecule has 0 radical (unpaired) electrons. The summed E-state index contributed by atoms with van der Waals surface area (Å²) in [5, 5.41) is 12.3. The first-order chi connectivity index (χ1) is 8.56. The molecule has 98 valence electrons. The summed E-state index contributed by atoms with van der Waals surface area (Å²) in [6.07, 6.45) is 3.21. The van der Waals surface area contributed by atoms with Crippen molar-refractivity contribution in [3.63, 3.8) is 0 Å². The predicted octanol–water partition coefficient (Wildman–Crippen LogP) is 3.13. The summed E-state index contributed by atoms with van der Waals surface area (Å²) in [5.74, 6) is -0.932. The van der Waals surface area contributed by atoms with Crippen LogP contribution >= 0.6 is 15.9 Å². The number of hydrogen-bond acceptors (Lipinski definition) is 3. The van der Waals surface area contributed by atoms with Crippen molar-refractivity contribution in [3.05, 3.63) is 28.2 Å². The number of nitrogens with one attached hydrogen (secondary N) is 1. The molecule has 1 aromatic rings. The van der Waals surface area contributed by atoms with Crippen molar-refractivity contribution in [3.8, 4) is 0 Å². The number of halogens is 1. The smallest absolute Gasteiger partial charge is 0.337 e. The molecule has 1 fully saturated rings. The molecule has 0 aliphatic heterocycles. The van der Waals surface area contributed by atoms with Gasteiger partial charge in [-0.05, 0) is 37.5 Å². The second-order valence-electron chi connectivity index (χ2n) is 4.59. The highest BCUT2D eigenvalue weighted by atomic mass is 79.9. The summed E-state index contributed by atoms with van der Waals surface area (Å²) >= 11 is 3.28. The number of methoxy groups -OCH3 is 1. The van der Waals surface area contributed by atoms with Gasteiger partial charge in [-0.2, -0.15) is 0 Å². The van der Waals surface area contributed by atoms with Gasteiger partial charge < -0.3 is 15.2 Å². The molecular formula is C13H16BrNO3. The van der Waals surface area contributed by atoms with Crippen molar-refractivity contribution < 1.29 is 14.6 Å². The van der Waals surface area contributed by atoms with E-state index < -0.39 is 5.97 Å². The summed E-state index contributed by atoms with van der Waals surface area (Å²) < 4.78 is 6.26. The lowest BCUT2D eigenvalue weighted by Crippen LogP contribution is -2.45. The van der Waals surface area contributed by atoms with Crippen molar-refractivity contribution >= 4 is 27.6 Å². The SMILES string of the molecule is COC1(CNc2ccc(Br)cc2C(=O)O)CCC1. The Morgan fingerprint density at radius 2 is 2.28 bits per heavy atom. The molecule has 0 aromatic heterocycles. The van der Waals surface area contributed by atoms with Gasteiger partial charge in [0.15, 0.2) is 0 Å². The van der Waals surface area contributed by atoms with Crippen molar-refractivity contribution in [2.45, 2.75) is 24.9 Å². The van der Waals surface area contributed by atoms with Crippen molar-refractivity contribution in [1.82, 2.24) is 0 Å². The Kier molecular flexibility index (Phi) is 3.92. The van der Waals surface area contributed by atoms with E-state index in [0.717, 1.165) is 17.3 Å². The van der Waals surface area contributed by atoms with Gasteiger partial charge >= 0.3 is 5.97 Å². The van der Waals surface area contributed by atoms with Crippen LogP contribution in [0.4, 0.5) is 5.69 Å². The standard InChI is InChI=1S/C13H16BrNO3/c1-18-13(5-2-6-13)8-15-11-4-3-9(14)7-10(11)12(16)17/h3-4,7,15H,2,5-6,8H2,1H3,(H,16,17). The van der Waals surface area contributed by atoms with Gasteiger partial charge in [-0.25, -0.2) is 4.79 Å². The van der Waals surface area contributed by atoms with Crippen LogP contribution in [0.2, 0.25) is 0 Å². The van der Waals surface area contributed by atoms with Crippen molar-refractivity contribution in [1.29, 1.82) is 0 Å². The lowest BCUT2D eigenvalue weighted by Gasteiger charge is -2.40. The molecule has 0 saturated heterocycles. The minimum atomic E-state index is -0.932. The molecular weight excluding hydrogens is 298 g/mol. The Morgan fingerprint density at radius 1 is 1.56 bits per heavy atom. The number of carboxylic acids is 1. The number of carbonyl (C=O) groups is 1. The molecule has 1 aliphatic carbocycles. The zero-order valence-corrected chi connectivity index (χ0v) is 11.8. The fraction of sp³-hybridized carbons (Fsp3) is 0.462. The largest absolute Gasteiger partial charge is 0.478 e. The van der Waals surface area contributed by atoms with E-state index in [4.69, 9.17) is 9.84 Å². The third-order valence-corrected chi connectivity index (χ3v) is 4.00. The number of anilines is 1. The Labute approximate surface area is 114 Å². The average molecular weight is 314 g/mol. The Bertz CT molecular complexity index is 452. The van der Waals surface area contributed by atoms with Gasteiger partial charge in [0.1, 0.15) is 0 Å². The molecule has 0 atom stereocenters. The summed E-state index contributed by atoms with van der Waals surface area (Å²) in [4.78, 5) is 11.2. The van der Waals surface area contributed by atoms with Crippen molar-refractivity contribution in [2.75, 3.05) is 19.0 Å². The highest BCUT2D eigenvalue weighted by molar-refractivity contribution is 9.10. The second-order valence-corrected chi connectivity index (χ2v) is 5.50. The zero-order chi connectivity index (χ0) is 13.2. The third kappa shape index (κ3) is 2.67. The molecule has 0 bridgehead atoms. The number of ether oxygens (including phenoxy) is 1. The molecule has 1 aliphatic rings. The van der Waals surface area contributed by atoms with Crippen LogP contribution in [0.15, 0.2) is 22.7 Å². The summed E-state index contributed by atoms with van der Waals surface area (Å²) in [7, 11) is 1.71. The molecule has 2 rings (SSSR count). The molecule has 5 heteroatoms. The fourth-order valence-electron chi connectivity index (χ4n) is 2.13. The van der Waals surface area contributed by atoms with Gasteiger partial charge in [0.05, 0.1) is 11.2 Å². The van der Waals surface area contributed by atoms with E-state index in [1.54, 1.807) is 19.2 Å². The topological polar surface area (TPSA) is 58.6 Å². The Hall–Kier alpha value is -1.07. The lowest BCUT2D eigenvalue weighted by atomic mass is 9.80. The van der Waals surface area contributed by atoms with Crippen LogP contribution in [0.3, 0.4) is 0 Å². The molecule has 2 N–H and O–H groups in total. The Balaban J connectivity index is 2.11. The maximum absolute atomic E-state index is 11.2. The lowest BCUT2D eigenvalue weighted by molar-refractivity contribution is -0.0601. The first kappa shape index (κ1) is 13.4. The molecule has 0 unspecified atom stereocenters. The quantitative estimate of drug-likeness (QED) is 0.877. The van der Waals surface area contributed by atoms with E-state index in [1.807, 2.05) is 6.07 Å². The third-order valence-electron chi connectivity index (χ3n) is 3.51. The van der Waals surface area contributed by atoms with Gasteiger partial charge in [-0.1, -0.05) is 15.9 Å². The Morgan fingerprint density at radius 3 is 2.78 bits per heavy atom. The summed E-state index contributed by atoms with van der Waals surface area (Å²) in [5.41, 5.74) is 0.784. The summed E-state index contributed by atoms with van der Waals surface area (Å²) in [6.45, 7) is 0.644. The first-order valence-electron chi connectivity index (χ1n) is 5.88. The monoisotopic (exact) mass is 313 g/mol. The van der Waals surface area contributed by atoms with E-state index in [-0.39, 0.29) is 11.2 Å². The number of rotatable bonds is 5. The molecule has 18 heavy (non-hydrogen) atoms.